The highest BCUT2D eigenvalue weighted by Crippen LogP contribution is 2.14. The number of hydrogen-bond donors (Lipinski definition) is 1. The van der Waals surface area contributed by atoms with Gasteiger partial charge in [0.1, 0.15) is 11.4 Å². The van der Waals surface area contributed by atoms with Crippen LogP contribution in [0, 0.1) is 0 Å². The number of anilines is 1. The molecule has 122 valence electrons. The van der Waals surface area contributed by atoms with Gasteiger partial charge in [-0.3, -0.25) is 5.32 Å². The molecule has 0 saturated heterocycles. The van der Waals surface area contributed by atoms with Crippen LogP contribution in [0.1, 0.15) is 31.9 Å². The molecule has 0 bridgehead atoms. The van der Waals surface area contributed by atoms with E-state index in [1.165, 1.54) is 5.56 Å². The van der Waals surface area contributed by atoms with Gasteiger partial charge in [-0.1, -0.05) is 34.1 Å². The number of carbonyl (C=O) groups is 1. The van der Waals surface area contributed by atoms with Crippen molar-refractivity contribution in [3.8, 4) is 0 Å². The molecule has 0 aliphatic carbocycles. The number of ether oxygens (including phenoxy) is 1. The van der Waals surface area contributed by atoms with Crippen LogP contribution in [-0.2, 0) is 17.6 Å². The third-order valence-corrected chi connectivity index (χ3v) is 3.60. The Balaban J connectivity index is 1.87. The summed E-state index contributed by atoms with van der Waals surface area (Å²) in [5, 5.41) is 2.63. The molecule has 0 unspecified atom stereocenters. The summed E-state index contributed by atoms with van der Waals surface area (Å²) in [6.45, 7) is 5.47. The van der Waals surface area contributed by atoms with Crippen molar-refractivity contribution >= 4 is 27.8 Å². The smallest absolute Gasteiger partial charge is 0.413 e. The second-order valence-corrected chi connectivity index (χ2v) is 7.22. The Kier molecular flexibility index (Phi) is 5.77. The van der Waals surface area contributed by atoms with Gasteiger partial charge in [-0.2, -0.15) is 0 Å². The maximum absolute atomic E-state index is 11.7. The van der Waals surface area contributed by atoms with Crippen LogP contribution in [0.25, 0.3) is 0 Å². The number of carbonyl (C=O) groups excluding carboxylic acids is 1. The zero-order chi connectivity index (χ0) is 16.9. The van der Waals surface area contributed by atoms with Gasteiger partial charge in [0.05, 0.1) is 0 Å². The van der Waals surface area contributed by atoms with E-state index >= 15 is 0 Å². The van der Waals surface area contributed by atoms with E-state index in [1.54, 1.807) is 12.3 Å². The van der Waals surface area contributed by atoms with Crippen LogP contribution in [0.2, 0.25) is 0 Å². The van der Waals surface area contributed by atoms with E-state index < -0.39 is 11.7 Å². The first-order valence-electron chi connectivity index (χ1n) is 7.51. The van der Waals surface area contributed by atoms with Crippen molar-refractivity contribution in [2.75, 3.05) is 5.32 Å². The van der Waals surface area contributed by atoms with Crippen molar-refractivity contribution < 1.29 is 9.53 Å². The molecule has 23 heavy (non-hydrogen) atoms. The first kappa shape index (κ1) is 17.5. The predicted octanol–water partition coefficient (Wildman–Crippen LogP) is 4.98. The number of nitrogens with one attached hydrogen (secondary N) is 1. The summed E-state index contributed by atoms with van der Waals surface area (Å²) >= 11 is 3.43. The Morgan fingerprint density at radius 1 is 1.09 bits per heavy atom. The van der Waals surface area contributed by atoms with Crippen LogP contribution < -0.4 is 5.32 Å². The topological polar surface area (TPSA) is 51.2 Å². The monoisotopic (exact) mass is 376 g/mol. The highest BCUT2D eigenvalue weighted by molar-refractivity contribution is 9.10. The van der Waals surface area contributed by atoms with Crippen molar-refractivity contribution in [3.05, 3.63) is 58.2 Å². The van der Waals surface area contributed by atoms with Gasteiger partial charge < -0.3 is 4.74 Å². The maximum Gasteiger partial charge on any atom is 0.413 e. The molecule has 0 radical (unpaired) electrons. The maximum atomic E-state index is 11.7. The van der Waals surface area contributed by atoms with E-state index in [9.17, 15) is 4.79 Å². The number of amides is 1. The van der Waals surface area contributed by atoms with Crippen LogP contribution in [0.3, 0.4) is 0 Å². The normalized spacial score (nSPS) is 11.1. The van der Waals surface area contributed by atoms with Gasteiger partial charge in [-0.25, -0.2) is 9.78 Å². The largest absolute Gasteiger partial charge is 0.444 e. The van der Waals surface area contributed by atoms with Crippen LogP contribution >= 0.6 is 15.9 Å². The molecule has 0 aliphatic heterocycles. The molecule has 1 aromatic heterocycles. The SMILES string of the molecule is CC(C)(C)OC(=O)Nc1ccc(CCc2ccc(Br)cc2)cn1. The van der Waals surface area contributed by atoms with E-state index in [2.05, 4.69) is 38.4 Å². The molecule has 2 aromatic rings. The van der Waals surface area contributed by atoms with E-state index in [4.69, 9.17) is 4.74 Å². The Bertz CT molecular complexity index is 646. The highest BCUT2D eigenvalue weighted by Gasteiger charge is 2.16. The lowest BCUT2D eigenvalue weighted by atomic mass is 10.1. The Morgan fingerprint density at radius 3 is 2.26 bits per heavy atom. The molecule has 0 atom stereocenters. The molecule has 0 fully saturated rings. The summed E-state index contributed by atoms with van der Waals surface area (Å²) in [5.41, 5.74) is 1.89. The fraction of sp³-hybridized carbons (Fsp3) is 0.333. The highest BCUT2D eigenvalue weighted by atomic mass is 79.9. The van der Waals surface area contributed by atoms with Gasteiger partial charge in [0.25, 0.3) is 0 Å². The second kappa shape index (κ2) is 7.59. The minimum atomic E-state index is -0.519. The molecule has 1 heterocycles. The third-order valence-electron chi connectivity index (χ3n) is 3.07. The lowest BCUT2D eigenvalue weighted by Gasteiger charge is -2.19. The zero-order valence-corrected chi connectivity index (χ0v) is 15.2. The number of halogens is 1. The minimum Gasteiger partial charge on any atom is -0.444 e. The van der Waals surface area contributed by atoms with Gasteiger partial charge in [0.15, 0.2) is 0 Å². The third kappa shape index (κ3) is 6.40. The molecule has 2 rings (SSSR count). The van der Waals surface area contributed by atoms with Gasteiger partial charge in [-0.15, -0.1) is 0 Å². The van der Waals surface area contributed by atoms with Gasteiger partial charge in [0, 0.05) is 10.7 Å². The van der Waals surface area contributed by atoms with Crippen molar-refractivity contribution in [2.45, 2.75) is 39.2 Å². The summed E-state index contributed by atoms with van der Waals surface area (Å²) in [6, 6.07) is 12.1. The average molecular weight is 377 g/mol. The van der Waals surface area contributed by atoms with E-state index in [1.807, 2.05) is 39.0 Å². The number of rotatable bonds is 4. The van der Waals surface area contributed by atoms with Crippen molar-refractivity contribution in [2.24, 2.45) is 0 Å². The lowest BCUT2D eigenvalue weighted by Crippen LogP contribution is -2.27. The Morgan fingerprint density at radius 2 is 1.70 bits per heavy atom. The predicted molar refractivity (Wildman–Crippen MR) is 95.6 cm³/mol. The molecular formula is C18H21BrN2O2. The molecule has 4 nitrogen and oxygen atoms in total. The Hall–Kier alpha value is -1.88. The quantitative estimate of drug-likeness (QED) is 0.818. The van der Waals surface area contributed by atoms with E-state index in [0.717, 1.165) is 22.9 Å². The first-order chi connectivity index (χ1) is 10.8. The number of nitrogens with zero attached hydrogens (tertiary/aromatic N) is 1. The molecule has 0 saturated carbocycles. The summed E-state index contributed by atoms with van der Waals surface area (Å²) in [7, 11) is 0. The second-order valence-electron chi connectivity index (χ2n) is 6.31. The summed E-state index contributed by atoms with van der Waals surface area (Å²) in [5.74, 6) is 0.492. The van der Waals surface area contributed by atoms with E-state index in [-0.39, 0.29) is 0 Å². The molecule has 5 heteroatoms. The van der Waals surface area contributed by atoms with Gasteiger partial charge >= 0.3 is 6.09 Å². The standard InChI is InChI=1S/C18H21BrN2O2/c1-18(2,3)23-17(22)21-16-11-8-14(12-20-16)5-4-13-6-9-15(19)10-7-13/h6-12H,4-5H2,1-3H3,(H,20,21,22). The first-order valence-corrected chi connectivity index (χ1v) is 8.30. The molecule has 0 aliphatic rings. The fourth-order valence-corrected chi connectivity index (χ4v) is 2.26. The lowest BCUT2D eigenvalue weighted by molar-refractivity contribution is 0.0635. The number of aryl methyl sites for hydroxylation is 2. The van der Waals surface area contributed by atoms with Crippen LogP contribution in [-0.4, -0.2) is 16.7 Å². The summed E-state index contributed by atoms with van der Waals surface area (Å²) < 4.78 is 6.28. The minimum absolute atomic E-state index is 0.492. The molecular weight excluding hydrogens is 356 g/mol. The van der Waals surface area contributed by atoms with Crippen LogP contribution in [0.15, 0.2) is 47.1 Å². The molecule has 0 spiro atoms. The molecule has 1 amide bonds. The van der Waals surface area contributed by atoms with Crippen LogP contribution in [0.5, 0.6) is 0 Å². The number of hydrogen-bond acceptors (Lipinski definition) is 3. The van der Waals surface area contributed by atoms with Gasteiger partial charge in [-0.05, 0) is 62.9 Å². The Labute approximate surface area is 145 Å². The number of aromatic nitrogens is 1. The zero-order valence-electron chi connectivity index (χ0n) is 13.6. The fourth-order valence-electron chi connectivity index (χ4n) is 1.99. The number of pyridine rings is 1. The average Bonchev–Trinajstić information content (AvgIpc) is 2.46. The molecule has 1 aromatic carbocycles. The van der Waals surface area contributed by atoms with Crippen LogP contribution in [0.4, 0.5) is 10.6 Å². The summed E-state index contributed by atoms with van der Waals surface area (Å²) in [4.78, 5) is 15.9. The molecule has 1 N–H and O–H groups in total. The van der Waals surface area contributed by atoms with Crippen molar-refractivity contribution in [1.29, 1.82) is 0 Å². The van der Waals surface area contributed by atoms with Crippen molar-refractivity contribution in [1.82, 2.24) is 4.98 Å². The van der Waals surface area contributed by atoms with Gasteiger partial charge in [0.2, 0.25) is 0 Å². The summed E-state index contributed by atoms with van der Waals surface area (Å²) in [6.07, 6.45) is 3.15. The number of benzene rings is 1. The van der Waals surface area contributed by atoms with E-state index in [0.29, 0.717) is 5.82 Å². The van der Waals surface area contributed by atoms with Crippen molar-refractivity contribution in [3.63, 3.8) is 0 Å².